The van der Waals surface area contributed by atoms with Crippen molar-refractivity contribution in [2.75, 3.05) is 34.7 Å². The van der Waals surface area contributed by atoms with E-state index in [1.807, 2.05) is 30.3 Å². The molecule has 0 radical (unpaired) electrons. The quantitative estimate of drug-likeness (QED) is 0.141. The van der Waals surface area contributed by atoms with Crippen LogP contribution in [0.3, 0.4) is 0 Å². The van der Waals surface area contributed by atoms with E-state index in [-0.39, 0.29) is 58.1 Å². The number of carbonyl (C=O) groups excluding carboxylic acids is 3. The minimum atomic E-state index is -0.480. The van der Waals surface area contributed by atoms with Gasteiger partial charge in [0.1, 0.15) is 27.4 Å². The molecule has 12 nitrogen and oxygen atoms in total. The first-order chi connectivity index (χ1) is 23.1. The molecular weight excluding hydrogens is 657 g/mol. The van der Waals surface area contributed by atoms with E-state index in [0.717, 1.165) is 5.56 Å². The smallest absolute Gasteiger partial charge is 0.330 e. The molecule has 0 unspecified atom stereocenters. The number of carbonyl (C=O) groups is 3. The standard InChI is InChI=1S/C34H31Cl2N7O5/c1-5-27(44)37-16-20-9-7-12-24(13-20)40-33-38-17-22-19-42(31-29(35)25(47-3)15-26(48-4)30(31)36)34(46)43(32(22)41-33)18-21-10-8-11-23(14-21)39-28(45)6-2/h5-15,17H,1-2,16,18-19H2,3-4H3,(H,37,44)(H,39,45)(H,38,40,41). The van der Waals surface area contributed by atoms with Crippen molar-refractivity contribution in [1.82, 2.24) is 15.3 Å². The van der Waals surface area contributed by atoms with E-state index < -0.39 is 6.03 Å². The number of methoxy groups -OCH3 is 2. The Balaban J connectivity index is 1.54. The van der Waals surface area contributed by atoms with Crippen molar-refractivity contribution in [2.45, 2.75) is 19.6 Å². The summed E-state index contributed by atoms with van der Waals surface area (Å²) < 4.78 is 10.9. The van der Waals surface area contributed by atoms with E-state index in [9.17, 15) is 14.4 Å². The number of hydrogen-bond donors (Lipinski definition) is 3. The first kappa shape index (κ1) is 33.8. The lowest BCUT2D eigenvalue weighted by Gasteiger charge is -2.37. The second-order valence-corrected chi connectivity index (χ2v) is 11.2. The van der Waals surface area contributed by atoms with Crippen LogP contribution in [0, 0.1) is 0 Å². The highest BCUT2D eigenvalue weighted by Crippen LogP contribution is 2.48. The molecular formula is C34H31Cl2N7O5. The normalized spacial score (nSPS) is 12.1. The summed E-state index contributed by atoms with van der Waals surface area (Å²) in [5, 5.41) is 8.91. The van der Waals surface area contributed by atoms with Gasteiger partial charge in [0, 0.05) is 35.7 Å². The molecule has 0 atom stereocenters. The van der Waals surface area contributed by atoms with Gasteiger partial charge in [-0.1, -0.05) is 60.6 Å². The van der Waals surface area contributed by atoms with Crippen LogP contribution in [0.1, 0.15) is 16.7 Å². The Labute approximate surface area is 287 Å². The Morgan fingerprint density at radius 2 is 1.58 bits per heavy atom. The van der Waals surface area contributed by atoms with E-state index >= 15 is 0 Å². The van der Waals surface area contributed by atoms with Crippen molar-refractivity contribution in [2.24, 2.45) is 0 Å². The van der Waals surface area contributed by atoms with Gasteiger partial charge >= 0.3 is 6.03 Å². The second kappa shape index (κ2) is 14.9. The van der Waals surface area contributed by atoms with E-state index in [0.29, 0.717) is 34.9 Å². The summed E-state index contributed by atoms with van der Waals surface area (Å²) in [6.07, 6.45) is 3.99. The maximum absolute atomic E-state index is 14.4. The third kappa shape index (κ3) is 7.35. The van der Waals surface area contributed by atoms with Crippen LogP contribution in [-0.2, 0) is 29.2 Å². The van der Waals surface area contributed by atoms with Gasteiger partial charge in [0.05, 0.1) is 33.0 Å². The van der Waals surface area contributed by atoms with Crippen molar-refractivity contribution in [3.8, 4) is 11.5 Å². The number of anilines is 5. The predicted molar refractivity (Wildman–Crippen MR) is 186 cm³/mol. The number of fused-ring (bicyclic) bond motifs is 1. The van der Waals surface area contributed by atoms with Gasteiger partial charge in [-0.15, -0.1) is 0 Å². The summed E-state index contributed by atoms with van der Waals surface area (Å²) in [5.41, 5.74) is 3.53. The molecule has 1 aromatic heterocycles. The first-order valence-corrected chi connectivity index (χ1v) is 15.2. The molecule has 0 fully saturated rings. The Morgan fingerprint density at radius 3 is 2.25 bits per heavy atom. The van der Waals surface area contributed by atoms with Crippen LogP contribution in [0.25, 0.3) is 0 Å². The van der Waals surface area contributed by atoms with Crippen LogP contribution in [0.5, 0.6) is 11.5 Å². The molecule has 0 aliphatic carbocycles. The molecule has 4 aromatic rings. The number of halogens is 2. The maximum Gasteiger partial charge on any atom is 0.330 e. The highest BCUT2D eigenvalue weighted by atomic mass is 35.5. The number of amides is 4. The lowest BCUT2D eigenvalue weighted by Crippen LogP contribution is -2.48. The van der Waals surface area contributed by atoms with Gasteiger partial charge < -0.3 is 25.4 Å². The topological polar surface area (TPSA) is 138 Å². The summed E-state index contributed by atoms with van der Waals surface area (Å²) in [4.78, 5) is 50.2. The fourth-order valence-corrected chi connectivity index (χ4v) is 5.68. The number of aromatic nitrogens is 2. The third-order valence-corrected chi connectivity index (χ3v) is 7.99. The van der Waals surface area contributed by atoms with Crippen LogP contribution in [0.4, 0.5) is 33.6 Å². The largest absolute Gasteiger partial charge is 0.495 e. The number of nitrogens with zero attached hydrogens (tertiary/aromatic N) is 4. The number of rotatable bonds is 12. The van der Waals surface area contributed by atoms with Crippen LogP contribution in [0.15, 0.2) is 86.1 Å². The highest BCUT2D eigenvalue weighted by molar-refractivity contribution is 6.42. The Hall–Kier alpha value is -5.59. The van der Waals surface area contributed by atoms with E-state index in [1.54, 1.807) is 30.5 Å². The zero-order chi connectivity index (χ0) is 34.4. The van der Waals surface area contributed by atoms with E-state index in [4.69, 9.17) is 37.7 Å². The molecule has 48 heavy (non-hydrogen) atoms. The average molecular weight is 689 g/mol. The molecule has 0 spiro atoms. The lowest BCUT2D eigenvalue weighted by molar-refractivity contribution is -0.116. The summed E-state index contributed by atoms with van der Waals surface area (Å²) in [7, 11) is 2.90. The number of benzene rings is 3. The predicted octanol–water partition coefficient (Wildman–Crippen LogP) is 6.62. The summed E-state index contributed by atoms with van der Waals surface area (Å²) in [6.45, 7) is 7.36. The molecule has 0 saturated heterocycles. The number of hydrogen-bond acceptors (Lipinski definition) is 8. The summed E-state index contributed by atoms with van der Waals surface area (Å²) in [6, 6.07) is 15.5. The molecule has 0 bridgehead atoms. The minimum absolute atomic E-state index is 0.0363. The fourth-order valence-electron chi connectivity index (χ4n) is 4.98. The number of nitrogens with one attached hydrogen (secondary N) is 3. The highest BCUT2D eigenvalue weighted by Gasteiger charge is 2.37. The van der Waals surface area contributed by atoms with Crippen molar-refractivity contribution in [3.63, 3.8) is 0 Å². The SMILES string of the molecule is C=CC(=O)NCc1cccc(Nc2ncc3c(n2)N(Cc2cccc(NC(=O)C=C)c2)C(=O)N(c2c(Cl)c(OC)cc(OC)c2Cl)C3)c1. The van der Waals surface area contributed by atoms with Gasteiger partial charge in [0.15, 0.2) is 0 Å². The molecule has 0 saturated carbocycles. The molecule has 1 aliphatic heterocycles. The first-order valence-electron chi connectivity index (χ1n) is 14.5. The van der Waals surface area contributed by atoms with E-state index in [2.05, 4.69) is 34.1 Å². The van der Waals surface area contributed by atoms with E-state index in [1.165, 1.54) is 36.2 Å². The van der Waals surface area contributed by atoms with Gasteiger partial charge in [-0.3, -0.25) is 19.4 Å². The zero-order valence-corrected chi connectivity index (χ0v) is 27.6. The van der Waals surface area contributed by atoms with Gasteiger partial charge in [-0.05, 0) is 47.5 Å². The molecule has 246 valence electrons. The van der Waals surface area contributed by atoms with Gasteiger partial charge in [0.25, 0.3) is 0 Å². The molecule has 1 aliphatic rings. The maximum atomic E-state index is 14.4. The molecule has 14 heteroatoms. The number of urea groups is 1. The van der Waals surface area contributed by atoms with Crippen LogP contribution in [0.2, 0.25) is 10.0 Å². The van der Waals surface area contributed by atoms with Crippen molar-refractivity contribution in [3.05, 3.63) is 113 Å². The zero-order valence-electron chi connectivity index (χ0n) is 26.0. The van der Waals surface area contributed by atoms with Gasteiger partial charge in [0.2, 0.25) is 17.8 Å². The lowest BCUT2D eigenvalue weighted by atomic mass is 10.1. The monoisotopic (exact) mass is 687 g/mol. The van der Waals surface area contributed by atoms with Crippen molar-refractivity contribution in [1.29, 1.82) is 0 Å². The third-order valence-electron chi connectivity index (χ3n) is 7.26. The van der Waals surface area contributed by atoms with Gasteiger partial charge in [-0.25, -0.2) is 9.78 Å². The fraction of sp³-hybridized carbons (Fsp3) is 0.147. The van der Waals surface area contributed by atoms with Crippen molar-refractivity contribution < 1.29 is 23.9 Å². The van der Waals surface area contributed by atoms with Gasteiger partial charge in [-0.2, -0.15) is 4.98 Å². The Kier molecular flexibility index (Phi) is 10.5. The molecule has 3 N–H and O–H groups in total. The molecule has 4 amide bonds. The summed E-state index contributed by atoms with van der Waals surface area (Å²) in [5.74, 6) is 0.471. The Morgan fingerprint density at radius 1 is 0.938 bits per heavy atom. The van der Waals surface area contributed by atoms with Crippen LogP contribution >= 0.6 is 23.2 Å². The van der Waals surface area contributed by atoms with Crippen molar-refractivity contribution >= 4 is 69.9 Å². The minimum Gasteiger partial charge on any atom is -0.495 e. The number of ether oxygens (including phenoxy) is 2. The van der Waals surface area contributed by atoms with Crippen LogP contribution in [-0.4, -0.2) is 42.0 Å². The average Bonchev–Trinajstić information content (AvgIpc) is 3.09. The Bertz CT molecular complexity index is 1890. The summed E-state index contributed by atoms with van der Waals surface area (Å²) >= 11 is 13.5. The molecule has 3 aromatic carbocycles. The van der Waals surface area contributed by atoms with Crippen LogP contribution < -0.4 is 35.2 Å². The second-order valence-electron chi connectivity index (χ2n) is 10.4. The molecule has 5 rings (SSSR count). The molecule has 2 heterocycles.